The van der Waals surface area contributed by atoms with E-state index in [1.807, 2.05) is 83.7 Å². The van der Waals surface area contributed by atoms with Crippen molar-refractivity contribution in [1.82, 2.24) is 4.57 Å². The second-order valence-corrected chi connectivity index (χ2v) is 8.24. The molecule has 176 valence electrons. The first-order valence-corrected chi connectivity index (χ1v) is 11.3. The number of hydrogen-bond acceptors (Lipinski definition) is 5. The lowest BCUT2D eigenvalue weighted by molar-refractivity contribution is 0.0600. The Hall–Kier alpha value is -4.52. The molecule has 1 N–H and O–H groups in total. The molecule has 1 aromatic heterocycles. The standard InChI is InChI=1S/C28H25N3O4/c1-34-28(33)24-10-7-11-25(26(24)30-16-5-6-17-30)31-18-23(19-31)35-22-14-12-20(13-15-22)27(32)29-21-8-3-2-4-9-21/h2-17,23H,18-19H2,1H3,(H,29,32). The highest BCUT2D eigenvalue weighted by Crippen LogP contribution is 2.33. The topological polar surface area (TPSA) is 72.8 Å². The van der Waals surface area contributed by atoms with Crippen LogP contribution in [0.2, 0.25) is 0 Å². The number of ether oxygens (including phenoxy) is 2. The number of nitrogens with zero attached hydrogens (tertiary/aromatic N) is 2. The minimum absolute atomic E-state index is 0.00158. The fourth-order valence-corrected chi connectivity index (χ4v) is 4.13. The molecular formula is C28H25N3O4. The number of esters is 1. The molecule has 0 radical (unpaired) electrons. The molecular weight excluding hydrogens is 442 g/mol. The first kappa shape index (κ1) is 22.3. The van der Waals surface area contributed by atoms with Gasteiger partial charge in [-0.05, 0) is 60.7 Å². The Labute approximate surface area is 203 Å². The highest BCUT2D eigenvalue weighted by molar-refractivity contribution is 6.04. The first-order chi connectivity index (χ1) is 17.1. The summed E-state index contributed by atoms with van der Waals surface area (Å²) in [5, 5.41) is 2.88. The van der Waals surface area contributed by atoms with Crippen LogP contribution in [0.4, 0.5) is 11.4 Å². The molecule has 1 fully saturated rings. The van der Waals surface area contributed by atoms with E-state index in [4.69, 9.17) is 9.47 Å². The van der Waals surface area contributed by atoms with Crippen LogP contribution < -0.4 is 15.0 Å². The van der Waals surface area contributed by atoms with Gasteiger partial charge in [-0.1, -0.05) is 24.3 Å². The molecule has 1 saturated heterocycles. The molecule has 7 heteroatoms. The van der Waals surface area contributed by atoms with E-state index in [9.17, 15) is 9.59 Å². The van der Waals surface area contributed by atoms with E-state index in [2.05, 4.69) is 10.2 Å². The normalized spacial score (nSPS) is 13.1. The van der Waals surface area contributed by atoms with E-state index in [1.54, 1.807) is 18.2 Å². The number of amides is 1. The second kappa shape index (κ2) is 9.77. The van der Waals surface area contributed by atoms with E-state index in [1.165, 1.54) is 7.11 Å². The second-order valence-electron chi connectivity index (χ2n) is 8.24. The molecule has 5 rings (SSSR count). The summed E-state index contributed by atoms with van der Waals surface area (Å²) in [6.45, 7) is 1.35. The molecule has 1 aliphatic heterocycles. The van der Waals surface area contributed by atoms with Crippen molar-refractivity contribution < 1.29 is 19.1 Å². The lowest BCUT2D eigenvalue weighted by Crippen LogP contribution is -2.54. The zero-order chi connectivity index (χ0) is 24.2. The van der Waals surface area contributed by atoms with Gasteiger partial charge in [0.15, 0.2) is 0 Å². The molecule has 7 nitrogen and oxygen atoms in total. The Balaban J connectivity index is 1.24. The zero-order valence-corrected chi connectivity index (χ0v) is 19.3. The van der Waals surface area contributed by atoms with Crippen LogP contribution in [0.3, 0.4) is 0 Å². The maximum atomic E-state index is 12.4. The predicted molar refractivity (Wildman–Crippen MR) is 135 cm³/mol. The fourth-order valence-electron chi connectivity index (χ4n) is 4.13. The number of carbonyl (C=O) groups excluding carboxylic acids is 2. The van der Waals surface area contributed by atoms with Crippen LogP contribution in [0.5, 0.6) is 5.75 Å². The summed E-state index contributed by atoms with van der Waals surface area (Å²) in [7, 11) is 1.39. The Morgan fingerprint density at radius 1 is 0.857 bits per heavy atom. The first-order valence-electron chi connectivity index (χ1n) is 11.3. The minimum atomic E-state index is -0.375. The Kier molecular flexibility index (Phi) is 6.22. The Morgan fingerprint density at radius 2 is 1.57 bits per heavy atom. The summed E-state index contributed by atoms with van der Waals surface area (Å²) in [5.41, 5.74) is 3.55. The molecule has 2 heterocycles. The Morgan fingerprint density at radius 3 is 2.26 bits per heavy atom. The van der Waals surface area contributed by atoms with Crippen molar-refractivity contribution in [2.45, 2.75) is 6.10 Å². The molecule has 0 atom stereocenters. The monoisotopic (exact) mass is 467 g/mol. The highest BCUT2D eigenvalue weighted by Gasteiger charge is 2.32. The van der Waals surface area contributed by atoms with Crippen LogP contribution in [0.15, 0.2) is 97.3 Å². The maximum absolute atomic E-state index is 12.4. The SMILES string of the molecule is COC(=O)c1cccc(N2CC(Oc3ccc(C(=O)Nc4ccccc4)cc3)C2)c1-n1cccc1. The van der Waals surface area contributed by atoms with E-state index in [0.717, 1.165) is 17.1 Å². The molecule has 1 amide bonds. The molecule has 0 saturated carbocycles. The molecule has 0 bridgehead atoms. The zero-order valence-electron chi connectivity index (χ0n) is 19.3. The predicted octanol–water partition coefficient (Wildman–Crippen LogP) is 4.78. The van der Waals surface area contributed by atoms with Crippen molar-refractivity contribution in [3.05, 3.63) is 108 Å². The quantitative estimate of drug-likeness (QED) is 0.396. The third-order valence-corrected chi connectivity index (χ3v) is 5.92. The molecule has 35 heavy (non-hydrogen) atoms. The summed E-state index contributed by atoms with van der Waals surface area (Å²) in [5.74, 6) is 0.167. The Bertz CT molecular complexity index is 1310. The summed E-state index contributed by atoms with van der Waals surface area (Å²) < 4.78 is 13.0. The number of benzene rings is 3. The van der Waals surface area contributed by atoms with E-state index in [0.29, 0.717) is 30.0 Å². The summed E-state index contributed by atoms with van der Waals surface area (Å²) in [4.78, 5) is 27.0. The maximum Gasteiger partial charge on any atom is 0.340 e. The molecule has 4 aromatic rings. The fraction of sp³-hybridized carbons (Fsp3) is 0.143. The van der Waals surface area contributed by atoms with Crippen molar-refractivity contribution >= 4 is 23.3 Å². The van der Waals surface area contributed by atoms with Crippen LogP contribution in [0, 0.1) is 0 Å². The van der Waals surface area contributed by atoms with Crippen LogP contribution in [-0.2, 0) is 4.74 Å². The van der Waals surface area contributed by atoms with Crippen molar-refractivity contribution in [2.75, 3.05) is 30.4 Å². The molecule has 1 aliphatic rings. The minimum Gasteiger partial charge on any atom is -0.487 e. The van der Waals surface area contributed by atoms with E-state index < -0.39 is 0 Å². The summed E-state index contributed by atoms with van der Waals surface area (Å²) >= 11 is 0. The van der Waals surface area contributed by atoms with Crippen molar-refractivity contribution in [2.24, 2.45) is 0 Å². The van der Waals surface area contributed by atoms with Gasteiger partial charge in [-0.3, -0.25) is 4.79 Å². The van der Waals surface area contributed by atoms with Crippen LogP contribution in [-0.4, -0.2) is 42.7 Å². The number of methoxy groups -OCH3 is 1. The number of nitrogens with one attached hydrogen (secondary N) is 1. The number of para-hydroxylation sites is 2. The van der Waals surface area contributed by atoms with Gasteiger partial charge in [-0.25, -0.2) is 4.79 Å². The molecule has 3 aromatic carbocycles. The van der Waals surface area contributed by atoms with Gasteiger partial charge in [0.05, 0.1) is 37.1 Å². The van der Waals surface area contributed by atoms with Gasteiger partial charge in [0.2, 0.25) is 0 Å². The van der Waals surface area contributed by atoms with Crippen LogP contribution in [0.1, 0.15) is 20.7 Å². The number of aromatic nitrogens is 1. The lowest BCUT2D eigenvalue weighted by Gasteiger charge is -2.41. The molecule has 0 spiro atoms. The smallest absolute Gasteiger partial charge is 0.340 e. The van der Waals surface area contributed by atoms with Crippen molar-refractivity contribution in [1.29, 1.82) is 0 Å². The van der Waals surface area contributed by atoms with Gasteiger partial charge in [-0.2, -0.15) is 0 Å². The number of rotatable bonds is 7. The average molecular weight is 468 g/mol. The van der Waals surface area contributed by atoms with Gasteiger partial charge in [0.25, 0.3) is 5.91 Å². The number of carbonyl (C=O) groups is 2. The van der Waals surface area contributed by atoms with Gasteiger partial charge in [0.1, 0.15) is 11.9 Å². The van der Waals surface area contributed by atoms with E-state index in [-0.39, 0.29) is 18.0 Å². The lowest BCUT2D eigenvalue weighted by atomic mass is 10.1. The molecule has 0 unspecified atom stereocenters. The summed E-state index contributed by atoms with van der Waals surface area (Å²) in [6.07, 6.45) is 3.82. The van der Waals surface area contributed by atoms with Gasteiger partial charge >= 0.3 is 5.97 Å². The van der Waals surface area contributed by atoms with Gasteiger partial charge in [-0.15, -0.1) is 0 Å². The third kappa shape index (κ3) is 4.75. The largest absolute Gasteiger partial charge is 0.487 e. The summed E-state index contributed by atoms with van der Waals surface area (Å²) in [6, 6.07) is 26.0. The van der Waals surface area contributed by atoms with Crippen LogP contribution >= 0.6 is 0 Å². The van der Waals surface area contributed by atoms with Crippen molar-refractivity contribution in [3.8, 4) is 11.4 Å². The average Bonchev–Trinajstić information content (AvgIpc) is 3.40. The number of hydrogen-bond donors (Lipinski definition) is 1. The van der Waals surface area contributed by atoms with Gasteiger partial charge in [0, 0.05) is 23.6 Å². The van der Waals surface area contributed by atoms with Crippen molar-refractivity contribution in [3.63, 3.8) is 0 Å². The molecule has 0 aliphatic carbocycles. The van der Waals surface area contributed by atoms with Gasteiger partial charge < -0.3 is 24.3 Å². The van der Waals surface area contributed by atoms with Crippen LogP contribution in [0.25, 0.3) is 5.69 Å². The third-order valence-electron chi connectivity index (χ3n) is 5.92. The highest BCUT2D eigenvalue weighted by atomic mass is 16.5. The number of anilines is 2. The van der Waals surface area contributed by atoms with E-state index >= 15 is 0 Å².